The highest BCUT2D eigenvalue weighted by atomic mass is 32.2. The van der Waals surface area contributed by atoms with Crippen LogP contribution in [0.25, 0.3) is 0 Å². The van der Waals surface area contributed by atoms with Gasteiger partial charge < -0.3 is 35.5 Å². The molecule has 0 aliphatic carbocycles. The van der Waals surface area contributed by atoms with E-state index < -0.39 is 47.2 Å². The number of carbonyl (C=O) groups is 4. The molecule has 2 saturated heterocycles. The quantitative estimate of drug-likeness (QED) is 0.0363. The van der Waals surface area contributed by atoms with Gasteiger partial charge in [-0.25, -0.2) is 18.0 Å². The van der Waals surface area contributed by atoms with E-state index in [1.807, 2.05) is 11.8 Å². The zero-order valence-corrected chi connectivity index (χ0v) is 23.9. The minimum absolute atomic E-state index is 0.00216. The van der Waals surface area contributed by atoms with Crippen molar-refractivity contribution in [1.29, 1.82) is 0 Å². The number of esters is 1. The number of hydrogen-bond acceptors (Lipinski definition) is 8. The number of benzene rings is 1. The van der Waals surface area contributed by atoms with Crippen LogP contribution in [-0.4, -0.2) is 86.4 Å². The van der Waals surface area contributed by atoms with Gasteiger partial charge in [0, 0.05) is 36.9 Å². The second-order valence-corrected chi connectivity index (χ2v) is 10.9. The number of unbranched alkanes of at least 4 members (excludes halogenated alkanes) is 1. The van der Waals surface area contributed by atoms with Crippen LogP contribution in [0.3, 0.4) is 0 Å². The smallest absolute Gasteiger partial charge is 0.315 e. The van der Waals surface area contributed by atoms with Crippen LogP contribution < -0.4 is 26.0 Å². The maximum Gasteiger partial charge on any atom is 0.315 e. The number of halogens is 5. The number of amides is 4. The molecule has 0 aromatic heterocycles. The first kappa shape index (κ1) is 34.3. The summed E-state index contributed by atoms with van der Waals surface area (Å²) in [6.07, 6.45) is 2.44. The zero-order chi connectivity index (χ0) is 31.4. The second kappa shape index (κ2) is 17.2. The van der Waals surface area contributed by atoms with Crippen LogP contribution in [-0.2, 0) is 23.9 Å². The summed E-state index contributed by atoms with van der Waals surface area (Å²) in [5.74, 6) is -13.8. The number of hydrogen-bond donors (Lipinski definition) is 4. The summed E-state index contributed by atoms with van der Waals surface area (Å²) in [6, 6.07) is 0.220. The highest BCUT2D eigenvalue weighted by Gasteiger charge is 2.42. The molecule has 0 unspecified atom stereocenters. The lowest BCUT2D eigenvalue weighted by molar-refractivity contribution is -0.136. The van der Waals surface area contributed by atoms with E-state index >= 15 is 0 Å². The van der Waals surface area contributed by atoms with Gasteiger partial charge in [0.15, 0.2) is 0 Å². The molecule has 3 atom stereocenters. The molecule has 1 aromatic rings. The Morgan fingerprint density at radius 3 is 2.00 bits per heavy atom. The van der Waals surface area contributed by atoms with Gasteiger partial charge in [-0.05, 0) is 12.8 Å². The lowest BCUT2D eigenvalue weighted by Crippen LogP contribution is -2.36. The molecule has 4 N–H and O–H groups in total. The first-order valence-electron chi connectivity index (χ1n) is 13.7. The Labute approximate surface area is 248 Å². The second-order valence-electron chi connectivity index (χ2n) is 9.67. The number of ether oxygens (including phenoxy) is 3. The van der Waals surface area contributed by atoms with Crippen LogP contribution in [0.15, 0.2) is 0 Å². The largest absolute Gasteiger partial charge is 0.420 e. The van der Waals surface area contributed by atoms with Crippen molar-refractivity contribution in [3.05, 3.63) is 29.1 Å². The van der Waals surface area contributed by atoms with Crippen molar-refractivity contribution in [3.8, 4) is 5.75 Å². The predicted molar refractivity (Wildman–Crippen MR) is 143 cm³/mol. The van der Waals surface area contributed by atoms with E-state index in [-0.39, 0.29) is 75.9 Å². The third-order valence-electron chi connectivity index (χ3n) is 6.53. The van der Waals surface area contributed by atoms with E-state index in [2.05, 4.69) is 26.0 Å². The minimum Gasteiger partial charge on any atom is -0.420 e. The molecule has 0 bridgehead atoms. The average molecular weight is 641 g/mol. The molecule has 4 amide bonds. The predicted octanol–water partition coefficient (Wildman–Crippen LogP) is 2.06. The van der Waals surface area contributed by atoms with Gasteiger partial charge in [-0.3, -0.25) is 14.4 Å². The van der Waals surface area contributed by atoms with Gasteiger partial charge in [-0.1, -0.05) is 6.42 Å². The number of fused-ring (bicyclic) bond motifs is 1. The maximum absolute atomic E-state index is 13.5. The van der Waals surface area contributed by atoms with E-state index in [0.717, 1.165) is 25.0 Å². The lowest BCUT2D eigenvalue weighted by atomic mass is 10.0. The molecule has 1 aromatic carbocycles. The van der Waals surface area contributed by atoms with Crippen LogP contribution in [0.4, 0.5) is 26.7 Å². The van der Waals surface area contributed by atoms with Crippen molar-refractivity contribution < 1.29 is 55.3 Å². The monoisotopic (exact) mass is 640 g/mol. The van der Waals surface area contributed by atoms with E-state index in [9.17, 15) is 41.1 Å². The Bertz CT molecular complexity index is 1140. The molecule has 0 saturated carbocycles. The number of rotatable bonds is 18. The van der Waals surface area contributed by atoms with Gasteiger partial charge >= 0.3 is 12.0 Å². The van der Waals surface area contributed by atoms with Crippen LogP contribution in [0, 0.1) is 29.1 Å². The van der Waals surface area contributed by atoms with E-state index in [0.29, 0.717) is 11.7 Å². The number of thioether (sulfide) groups is 1. The molecule has 0 spiro atoms. The van der Waals surface area contributed by atoms with Crippen molar-refractivity contribution in [3.63, 3.8) is 0 Å². The van der Waals surface area contributed by atoms with Gasteiger partial charge in [0.05, 0.1) is 44.9 Å². The van der Waals surface area contributed by atoms with Crippen LogP contribution in [0.2, 0.25) is 0 Å². The van der Waals surface area contributed by atoms with Gasteiger partial charge in [-0.2, -0.15) is 20.5 Å². The molecule has 240 valence electrons. The summed E-state index contributed by atoms with van der Waals surface area (Å²) >= 11 is 1.83. The third-order valence-corrected chi connectivity index (χ3v) is 8.04. The lowest BCUT2D eigenvalue weighted by Gasteiger charge is -2.16. The first-order valence-corrected chi connectivity index (χ1v) is 14.7. The summed E-state index contributed by atoms with van der Waals surface area (Å²) in [6.45, 7) is 0.390. The Morgan fingerprint density at radius 1 is 0.767 bits per heavy atom. The van der Waals surface area contributed by atoms with Crippen LogP contribution in [0.1, 0.15) is 38.5 Å². The van der Waals surface area contributed by atoms with Crippen molar-refractivity contribution >= 4 is 35.6 Å². The molecule has 2 aliphatic rings. The van der Waals surface area contributed by atoms with Gasteiger partial charge in [0.1, 0.15) is 0 Å². The molecule has 11 nitrogen and oxygen atoms in total. The standard InChI is InChI=1S/C26H33F5N4O7S/c27-19-20(28)22(30)25(23(31)21(19)29)42-18(38)6-10-41-12-11-40-9-5-17(37)33-8-7-32-16(36)4-2-1-3-15-24-14(13-43-15)34-26(39)35-24/h14-15,24H,1-13H2,(H,32,36)(H,33,37)(H2,34,35,39)/t14-,15-,24-/m0/s1. The van der Waals surface area contributed by atoms with Crippen molar-refractivity contribution in [2.75, 3.05) is 45.3 Å². The highest BCUT2D eigenvalue weighted by Crippen LogP contribution is 2.33. The SMILES string of the molecule is O=C(CCCC[C@@H]1SC[C@@H]2NC(=O)N[C@@H]21)NCCNC(=O)CCOCCOCCC(=O)Oc1c(F)c(F)c(F)c(F)c1F. The Morgan fingerprint density at radius 2 is 1.35 bits per heavy atom. The van der Waals surface area contributed by atoms with Crippen molar-refractivity contribution in [2.24, 2.45) is 0 Å². The number of carbonyl (C=O) groups excluding carboxylic acids is 4. The maximum atomic E-state index is 13.5. The topological polar surface area (TPSA) is 144 Å². The molecule has 0 radical (unpaired) electrons. The first-order chi connectivity index (χ1) is 20.6. The molecule has 3 rings (SSSR count). The Kier molecular flexibility index (Phi) is 13.7. The number of urea groups is 1. The molecular formula is C26H33F5N4O7S. The molecule has 2 fully saturated rings. The normalized spacial score (nSPS) is 19.0. The highest BCUT2D eigenvalue weighted by molar-refractivity contribution is 8.00. The summed E-state index contributed by atoms with van der Waals surface area (Å²) in [4.78, 5) is 46.9. The van der Waals surface area contributed by atoms with Crippen LogP contribution in [0.5, 0.6) is 5.75 Å². The summed E-state index contributed by atoms with van der Waals surface area (Å²) in [5.41, 5.74) is 0. The van der Waals surface area contributed by atoms with Crippen molar-refractivity contribution in [2.45, 2.75) is 55.9 Å². The zero-order valence-electron chi connectivity index (χ0n) is 23.1. The number of nitrogens with one attached hydrogen (secondary N) is 4. The molecule has 2 heterocycles. The van der Waals surface area contributed by atoms with Crippen molar-refractivity contribution in [1.82, 2.24) is 21.3 Å². The van der Waals surface area contributed by atoms with E-state index in [4.69, 9.17) is 9.47 Å². The van der Waals surface area contributed by atoms with E-state index in [1.165, 1.54) is 0 Å². The van der Waals surface area contributed by atoms with Gasteiger partial charge in [0.25, 0.3) is 0 Å². The average Bonchev–Trinajstić information content (AvgIpc) is 3.54. The molecular weight excluding hydrogens is 607 g/mol. The minimum atomic E-state index is -2.37. The van der Waals surface area contributed by atoms with Gasteiger partial charge in [-0.15, -0.1) is 0 Å². The summed E-state index contributed by atoms with van der Waals surface area (Å²) in [5, 5.41) is 11.6. The fourth-order valence-electron chi connectivity index (χ4n) is 4.34. The molecule has 17 heteroatoms. The molecule has 43 heavy (non-hydrogen) atoms. The fourth-order valence-corrected chi connectivity index (χ4v) is 5.88. The van der Waals surface area contributed by atoms with Gasteiger partial charge in [0.2, 0.25) is 46.6 Å². The van der Waals surface area contributed by atoms with Crippen LogP contribution >= 0.6 is 11.8 Å². The molecule has 2 aliphatic heterocycles. The third kappa shape index (κ3) is 10.5. The van der Waals surface area contributed by atoms with E-state index in [1.54, 1.807) is 0 Å². The Balaban J connectivity index is 1.12. The summed E-state index contributed by atoms with van der Waals surface area (Å²) in [7, 11) is 0. The Hall–Kier alpha value is -3.18. The fraction of sp³-hybridized carbons (Fsp3) is 0.615. The summed E-state index contributed by atoms with van der Waals surface area (Å²) < 4.78 is 80.9.